The Hall–Kier alpha value is -5.46. The average Bonchev–Trinajstić information content (AvgIpc) is 3.07. The molecule has 42 heavy (non-hydrogen) atoms. The molecule has 0 atom stereocenters. The van der Waals surface area contributed by atoms with Crippen LogP contribution in [0.4, 0.5) is 0 Å². The summed E-state index contributed by atoms with van der Waals surface area (Å²) in [5.41, 5.74) is 10.1. The highest BCUT2D eigenvalue weighted by atomic mass is 14.2. The lowest BCUT2D eigenvalue weighted by Gasteiger charge is -2.21. The van der Waals surface area contributed by atoms with E-state index in [0.717, 1.165) is 0 Å². The summed E-state index contributed by atoms with van der Waals surface area (Å²) in [6.07, 6.45) is 0. The Bertz CT molecular complexity index is 2170. The lowest BCUT2D eigenvalue weighted by molar-refractivity contribution is 1.61. The van der Waals surface area contributed by atoms with Crippen LogP contribution >= 0.6 is 0 Å². The van der Waals surface area contributed by atoms with Gasteiger partial charge in [-0.15, -0.1) is 0 Å². The van der Waals surface area contributed by atoms with Crippen LogP contribution in [0.3, 0.4) is 0 Å². The van der Waals surface area contributed by atoms with Crippen LogP contribution in [-0.4, -0.2) is 0 Å². The van der Waals surface area contributed by atoms with Crippen LogP contribution in [0.15, 0.2) is 170 Å². The first-order chi connectivity index (χ1) is 20.9. The maximum Gasteiger partial charge on any atom is -0.00201 e. The first-order valence-electron chi connectivity index (χ1n) is 14.5. The molecule has 0 amide bonds. The van der Waals surface area contributed by atoms with Crippen molar-refractivity contribution in [3.05, 3.63) is 170 Å². The normalized spacial score (nSPS) is 11.3. The zero-order valence-corrected chi connectivity index (χ0v) is 23.2. The van der Waals surface area contributed by atoms with Crippen LogP contribution in [-0.2, 0) is 0 Å². The van der Waals surface area contributed by atoms with Crippen LogP contribution < -0.4 is 0 Å². The lowest BCUT2D eigenvalue weighted by Crippen LogP contribution is -1.93. The number of hydrogen-bond acceptors (Lipinski definition) is 0. The number of hydrogen-bond donors (Lipinski definition) is 0. The quantitative estimate of drug-likeness (QED) is 0.198. The minimum absolute atomic E-state index is 1.23. The zero-order chi connectivity index (χ0) is 27.9. The summed E-state index contributed by atoms with van der Waals surface area (Å²) in [4.78, 5) is 0. The summed E-state index contributed by atoms with van der Waals surface area (Å²) in [6.45, 7) is 0. The highest BCUT2D eigenvalue weighted by molar-refractivity contribution is 6.24. The molecule has 8 aromatic rings. The predicted molar refractivity (Wildman–Crippen MR) is 181 cm³/mol. The molecule has 0 bridgehead atoms. The summed E-state index contributed by atoms with van der Waals surface area (Å²) in [5.74, 6) is 0. The molecule has 196 valence electrons. The molecule has 0 saturated carbocycles. The van der Waals surface area contributed by atoms with Crippen molar-refractivity contribution in [1.29, 1.82) is 0 Å². The molecule has 0 unspecified atom stereocenters. The summed E-state index contributed by atoms with van der Waals surface area (Å²) in [5, 5.41) is 7.62. The number of fused-ring (bicyclic) bond motifs is 3. The van der Waals surface area contributed by atoms with Gasteiger partial charge >= 0.3 is 0 Å². The lowest BCUT2D eigenvalue weighted by atomic mass is 9.82. The fourth-order valence-electron chi connectivity index (χ4n) is 6.67. The molecule has 0 N–H and O–H groups in total. The Morgan fingerprint density at radius 2 is 0.524 bits per heavy atom. The highest BCUT2D eigenvalue weighted by Crippen LogP contribution is 2.47. The SMILES string of the molecule is c1ccc(-c2ccccc2-c2c3ccccc3c(-c3ccc(-c4ccccc4)c4ccccc34)c3ccccc23)cc1. The standard InChI is InChI=1S/C42H28/c1-3-15-29(16-4-1)31-19-7-10-22-35(31)41-36-23-11-13-25-38(36)42(39-26-14-12-24-37(39)41)40-28-27-32(30-17-5-2-6-18-30)33-20-8-9-21-34(33)40/h1-28H. The second-order valence-corrected chi connectivity index (χ2v) is 10.8. The second kappa shape index (κ2) is 10.2. The van der Waals surface area contributed by atoms with E-state index in [0.29, 0.717) is 0 Å². The van der Waals surface area contributed by atoms with Gasteiger partial charge in [-0.2, -0.15) is 0 Å². The molecule has 0 radical (unpaired) electrons. The van der Waals surface area contributed by atoms with E-state index in [4.69, 9.17) is 0 Å². The van der Waals surface area contributed by atoms with Crippen molar-refractivity contribution in [2.45, 2.75) is 0 Å². The van der Waals surface area contributed by atoms with Crippen molar-refractivity contribution in [2.24, 2.45) is 0 Å². The van der Waals surface area contributed by atoms with Gasteiger partial charge in [-0.25, -0.2) is 0 Å². The third kappa shape index (κ3) is 3.92. The van der Waals surface area contributed by atoms with Crippen molar-refractivity contribution in [3.8, 4) is 44.5 Å². The van der Waals surface area contributed by atoms with Gasteiger partial charge in [0.2, 0.25) is 0 Å². The van der Waals surface area contributed by atoms with Crippen LogP contribution in [0.2, 0.25) is 0 Å². The van der Waals surface area contributed by atoms with Crippen LogP contribution in [0.5, 0.6) is 0 Å². The maximum atomic E-state index is 2.33. The van der Waals surface area contributed by atoms with Gasteiger partial charge in [0, 0.05) is 0 Å². The summed E-state index contributed by atoms with van der Waals surface area (Å²) >= 11 is 0. The van der Waals surface area contributed by atoms with Gasteiger partial charge in [-0.05, 0) is 76.8 Å². The number of rotatable bonds is 4. The first kappa shape index (κ1) is 24.3. The van der Waals surface area contributed by atoms with Gasteiger partial charge in [-0.1, -0.05) is 170 Å². The molecule has 8 aromatic carbocycles. The molecular formula is C42H28. The van der Waals surface area contributed by atoms with E-state index >= 15 is 0 Å². The molecule has 0 heterocycles. The van der Waals surface area contributed by atoms with E-state index in [1.807, 2.05) is 0 Å². The van der Waals surface area contributed by atoms with Gasteiger partial charge in [-0.3, -0.25) is 0 Å². The van der Waals surface area contributed by atoms with Gasteiger partial charge in [0.1, 0.15) is 0 Å². The van der Waals surface area contributed by atoms with Crippen LogP contribution in [0.25, 0.3) is 76.8 Å². The van der Waals surface area contributed by atoms with Crippen molar-refractivity contribution in [3.63, 3.8) is 0 Å². The van der Waals surface area contributed by atoms with E-state index in [2.05, 4.69) is 170 Å². The molecule has 0 spiro atoms. The van der Waals surface area contributed by atoms with Crippen molar-refractivity contribution in [1.82, 2.24) is 0 Å². The first-order valence-corrected chi connectivity index (χ1v) is 14.5. The fourth-order valence-corrected chi connectivity index (χ4v) is 6.67. The molecule has 0 aliphatic carbocycles. The van der Waals surface area contributed by atoms with E-state index in [-0.39, 0.29) is 0 Å². The summed E-state index contributed by atoms with van der Waals surface area (Å²) in [7, 11) is 0. The molecule has 0 fully saturated rings. The molecule has 0 nitrogen and oxygen atoms in total. The molecule has 0 aliphatic heterocycles. The molecule has 0 aliphatic rings. The van der Waals surface area contributed by atoms with E-state index in [9.17, 15) is 0 Å². The van der Waals surface area contributed by atoms with Gasteiger partial charge in [0.15, 0.2) is 0 Å². The Kier molecular flexibility index (Phi) is 5.90. The van der Waals surface area contributed by atoms with Crippen molar-refractivity contribution >= 4 is 32.3 Å². The molecule has 0 saturated heterocycles. The maximum absolute atomic E-state index is 2.33. The Morgan fingerprint density at radius 1 is 0.190 bits per heavy atom. The van der Waals surface area contributed by atoms with Crippen molar-refractivity contribution < 1.29 is 0 Å². The largest absolute Gasteiger partial charge is 0.0622 e. The highest BCUT2D eigenvalue weighted by Gasteiger charge is 2.20. The van der Waals surface area contributed by atoms with Crippen LogP contribution in [0.1, 0.15) is 0 Å². The molecular weight excluding hydrogens is 504 g/mol. The molecule has 0 heteroatoms. The summed E-state index contributed by atoms with van der Waals surface area (Å²) < 4.78 is 0. The third-order valence-electron chi connectivity index (χ3n) is 8.49. The van der Waals surface area contributed by atoms with Gasteiger partial charge in [0.25, 0.3) is 0 Å². The fraction of sp³-hybridized carbons (Fsp3) is 0. The van der Waals surface area contributed by atoms with E-state index in [1.165, 1.54) is 76.8 Å². The topological polar surface area (TPSA) is 0 Å². The molecule has 8 rings (SSSR count). The predicted octanol–water partition coefficient (Wildman–Crippen LogP) is 11.8. The van der Waals surface area contributed by atoms with Gasteiger partial charge < -0.3 is 0 Å². The summed E-state index contributed by atoms with van der Waals surface area (Å²) in [6, 6.07) is 61.6. The zero-order valence-electron chi connectivity index (χ0n) is 23.2. The minimum atomic E-state index is 1.23. The van der Waals surface area contributed by atoms with Gasteiger partial charge in [0.05, 0.1) is 0 Å². The van der Waals surface area contributed by atoms with Crippen LogP contribution in [0, 0.1) is 0 Å². The smallest absolute Gasteiger partial charge is 0.00201 e. The van der Waals surface area contributed by atoms with Crippen molar-refractivity contribution in [2.75, 3.05) is 0 Å². The second-order valence-electron chi connectivity index (χ2n) is 10.8. The van der Waals surface area contributed by atoms with E-state index < -0.39 is 0 Å². The third-order valence-corrected chi connectivity index (χ3v) is 8.49. The average molecular weight is 533 g/mol. The Morgan fingerprint density at radius 3 is 1.05 bits per heavy atom. The Balaban J connectivity index is 1.48. The molecule has 0 aromatic heterocycles. The minimum Gasteiger partial charge on any atom is -0.0622 e. The van der Waals surface area contributed by atoms with E-state index in [1.54, 1.807) is 0 Å². The number of benzene rings is 8. The monoisotopic (exact) mass is 532 g/mol. The Labute approximate surface area is 246 Å².